The van der Waals surface area contributed by atoms with E-state index in [0.29, 0.717) is 12.3 Å². The van der Waals surface area contributed by atoms with Crippen molar-refractivity contribution in [1.82, 2.24) is 9.62 Å². The van der Waals surface area contributed by atoms with Crippen LogP contribution in [0.1, 0.15) is 43.5 Å². The molecule has 138 valence electrons. The summed E-state index contributed by atoms with van der Waals surface area (Å²) in [5.41, 5.74) is 0.230. The highest BCUT2D eigenvalue weighted by Crippen LogP contribution is 2.33. The summed E-state index contributed by atoms with van der Waals surface area (Å²) in [7, 11) is -2.12. The predicted octanol–water partition coefficient (Wildman–Crippen LogP) is 1.70. The molecule has 1 atom stereocenters. The van der Waals surface area contributed by atoms with Crippen LogP contribution in [0.4, 0.5) is 0 Å². The number of nitrogens with zero attached hydrogens (tertiary/aromatic N) is 1. The first-order valence-electron chi connectivity index (χ1n) is 8.24. The van der Waals surface area contributed by atoms with Crippen molar-refractivity contribution in [2.24, 2.45) is 5.92 Å². The first-order chi connectivity index (χ1) is 11.6. The summed E-state index contributed by atoms with van der Waals surface area (Å²) in [6.45, 7) is 3.54. The third kappa shape index (κ3) is 4.79. The van der Waals surface area contributed by atoms with Gasteiger partial charge < -0.3 is 10.4 Å². The van der Waals surface area contributed by atoms with Crippen LogP contribution in [0.15, 0.2) is 29.2 Å². The average Bonchev–Trinajstić information content (AvgIpc) is 3.37. The molecular formula is C17H24N2O5S. The summed E-state index contributed by atoms with van der Waals surface area (Å²) in [6.07, 6.45) is 2.41. The Hall–Kier alpha value is -1.93. The number of sulfonamides is 1. The summed E-state index contributed by atoms with van der Waals surface area (Å²) >= 11 is 0. The van der Waals surface area contributed by atoms with Crippen LogP contribution in [0.2, 0.25) is 0 Å². The third-order valence-electron chi connectivity index (χ3n) is 4.39. The van der Waals surface area contributed by atoms with Crippen molar-refractivity contribution < 1.29 is 23.1 Å². The van der Waals surface area contributed by atoms with Gasteiger partial charge in [-0.1, -0.05) is 12.8 Å². The van der Waals surface area contributed by atoms with Gasteiger partial charge in [-0.25, -0.2) is 13.2 Å². The first-order valence-corrected chi connectivity index (χ1v) is 9.68. The molecule has 25 heavy (non-hydrogen) atoms. The van der Waals surface area contributed by atoms with Gasteiger partial charge in [0.1, 0.15) is 6.04 Å². The monoisotopic (exact) mass is 368 g/mol. The number of carbonyl (C=O) groups excluding carboxylic acids is 1. The number of aliphatic carboxylic acids is 1. The molecule has 2 rings (SSSR count). The average molecular weight is 368 g/mol. The second-order valence-electron chi connectivity index (χ2n) is 6.68. The molecular weight excluding hydrogens is 344 g/mol. The standard InChI is InChI=1S/C17H24N2O5S/c1-11(2)19(3)25(23,24)14-8-6-13(7-9-14)16(20)18-15(17(21)22)10-12-4-5-12/h6-9,11-12,15H,4-5,10H2,1-3H3,(H,18,20)(H,21,22). The van der Waals surface area contributed by atoms with Crippen molar-refractivity contribution in [3.05, 3.63) is 29.8 Å². The molecule has 1 unspecified atom stereocenters. The molecule has 7 nitrogen and oxygen atoms in total. The van der Waals surface area contributed by atoms with Crippen LogP contribution in [-0.2, 0) is 14.8 Å². The highest BCUT2D eigenvalue weighted by Gasteiger charge is 2.30. The molecule has 0 spiro atoms. The lowest BCUT2D eigenvalue weighted by atomic mass is 10.1. The molecule has 0 bridgehead atoms. The van der Waals surface area contributed by atoms with Gasteiger partial charge in [-0.2, -0.15) is 4.31 Å². The van der Waals surface area contributed by atoms with E-state index in [0.717, 1.165) is 12.8 Å². The van der Waals surface area contributed by atoms with Crippen LogP contribution < -0.4 is 5.32 Å². The fourth-order valence-electron chi connectivity index (χ4n) is 2.37. The lowest BCUT2D eigenvalue weighted by Crippen LogP contribution is -2.41. The Morgan fingerprint density at radius 2 is 1.80 bits per heavy atom. The number of hydrogen-bond donors (Lipinski definition) is 2. The van der Waals surface area contributed by atoms with Gasteiger partial charge in [0.15, 0.2) is 0 Å². The Bertz CT molecular complexity index is 739. The molecule has 1 fully saturated rings. The Kier molecular flexibility index (Phi) is 5.84. The van der Waals surface area contributed by atoms with Gasteiger partial charge in [0.05, 0.1) is 4.90 Å². The maximum Gasteiger partial charge on any atom is 0.326 e. The lowest BCUT2D eigenvalue weighted by molar-refractivity contribution is -0.139. The number of nitrogens with one attached hydrogen (secondary N) is 1. The SMILES string of the molecule is CC(C)N(C)S(=O)(=O)c1ccc(C(=O)NC(CC2CC2)C(=O)O)cc1. The summed E-state index contributed by atoms with van der Waals surface area (Å²) in [5.74, 6) is -1.22. The molecule has 1 aromatic carbocycles. The van der Waals surface area contributed by atoms with Gasteiger partial charge in [0.2, 0.25) is 10.0 Å². The minimum absolute atomic E-state index is 0.0908. The van der Waals surface area contributed by atoms with Crippen molar-refractivity contribution in [2.75, 3.05) is 7.05 Å². The van der Waals surface area contributed by atoms with Gasteiger partial charge in [-0.05, 0) is 50.5 Å². The Morgan fingerprint density at radius 1 is 1.24 bits per heavy atom. The zero-order chi connectivity index (χ0) is 18.8. The molecule has 0 aliphatic heterocycles. The number of hydrogen-bond acceptors (Lipinski definition) is 4. The van der Waals surface area contributed by atoms with Crippen molar-refractivity contribution >= 4 is 21.9 Å². The van der Waals surface area contributed by atoms with E-state index in [1.165, 1.54) is 35.6 Å². The number of benzene rings is 1. The molecule has 1 aliphatic carbocycles. The highest BCUT2D eigenvalue weighted by molar-refractivity contribution is 7.89. The van der Waals surface area contributed by atoms with E-state index in [2.05, 4.69) is 5.32 Å². The van der Waals surface area contributed by atoms with E-state index in [4.69, 9.17) is 0 Å². The lowest BCUT2D eigenvalue weighted by Gasteiger charge is -2.21. The van der Waals surface area contributed by atoms with E-state index in [1.807, 2.05) is 0 Å². The molecule has 1 amide bonds. The van der Waals surface area contributed by atoms with Crippen molar-refractivity contribution in [3.8, 4) is 0 Å². The van der Waals surface area contributed by atoms with Crippen molar-refractivity contribution in [3.63, 3.8) is 0 Å². The van der Waals surface area contributed by atoms with E-state index in [-0.39, 0.29) is 16.5 Å². The van der Waals surface area contributed by atoms with Crippen LogP contribution in [0, 0.1) is 5.92 Å². The van der Waals surface area contributed by atoms with Gasteiger partial charge in [-0.3, -0.25) is 4.79 Å². The zero-order valence-corrected chi connectivity index (χ0v) is 15.4. The van der Waals surface area contributed by atoms with Gasteiger partial charge in [-0.15, -0.1) is 0 Å². The minimum Gasteiger partial charge on any atom is -0.480 e. The fraction of sp³-hybridized carbons (Fsp3) is 0.529. The molecule has 2 N–H and O–H groups in total. The van der Waals surface area contributed by atoms with Crippen LogP contribution >= 0.6 is 0 Å². The number of amides is 1. The van der Waals surface area contributed by atoms with Crippen LogP contribution in [-0.4, -0.2) is 48.8 Å². The second kappa shape index (κ2) is 7.53. The summed E-state index contributed by atoms with van der Waals surface area (Å²) < 4.78 is 26.0. The number of carboxylic acid groups (broad SMARTS) is 1. The Balaban J connectivity index is 2.10. The first kappa shape index (κ1) is 19.4. The van der Waals surface area contributed by atoms with Crippen LogP contribution in [0.3, 0.4) is 0 Å². The molecule has 0 radical (unpaired) electrons. The number of rotatable bonds is 8. The van der Waals surface area contributed by atoms with Gasteiger partial charge in [0.25, 0.3) is 5.91 Å². The van der Waals surface area contributed by atoms with E-state index in [1.54, 1.807) is 13.8 Å². The largest absolute Gasteiger partial charge is 0.480 e. The van der Waals surface area contributed by atoms with E-state index < -0.39 is 27.9 Å². The second-order valence-corrected chi connectivity index (χ2v) is 8.68. The molecule has 0 heterocycles. The summed E-state index contributed by atoms with van der Waals surface area (Å²) in [6, 6.07) is 4.40. The summed E-state index contributed by atoms with van der Waals surface area (Å²) in [4.78, 5) is 23.6. The molecule has 0 saturated heterocycles. The van der Waals surface area contributed by atoms with Crippen LogP contribution in [0.25, 0.3) is 0 Å². The normalized spacial score (nSPS) is 16.0. The molecule has 0 aromatic heterocycles. The Morgan fingerprint density at radius 3 is 2.24 bits per heavy atom. The number of carbonyl (C=O) groups is 2. The zero-order valence-electron chi connectivity index (χ0n) is 14.6. The number of carboxylic acids is 1. The van der Waals surface area contributed by atoms with Gasteiger partial charge >= 0.3 is 5.97 Å². The molecule has 1 aliphatic rings. The third-order valence-corrected chi connectivity index (χ3v) is 6.44. The molecule has 1 aromatic rings. The fourth-order valence-corrected chi connectivity index (χ4v) is 3.74. The Labute approximate surface area is 148 Å². The summed E-state index contributed by atoms with van der Waals surface area (Å²) in [5, 5.41) is 11.7. The van der Waals surface area contributed by atoms with Gasteiger partial charge in [0, 0.05) is 18.7 Å². The maximum absolute atomic E-state index is 12.4. The predicted molar refractivity (Wildman–Crippen MR) is 92.8 cm³/mol. The van der Waals surface area contributed by atoms with Crippen LogP contribution in [0.5, 0.6) is 0 Å². The maximum atomic E-state index is 12.4. The topological polar surface area (TPSA) is 104 Å². The highest BCUT2D eigenvalue weighted by atomic mass is 32.2. The minimum atomic E-state index is -3.62. The van der Waals surface area contributed by atoms with Crippen molar-refractivity contribution in [1.29, 1.82) is 0 Å². The van der Waals surface area contributed by atoms with E-state index in [9.17, 15) is 23.1 Å². The van der Waals surface area contributed by atoms with E-state index >= 15 is 0 Å². The van der Waals surface area contributed by atoms with Crippen molar-refractivity contribution in [2.45, 2.75) is 50.1 Å². The smallest absolute Gasteiger partial charge is 0.326 e. The molecule has 1 saturated carbocycles. The molecule has 8 heteroatoms. The quantitative estimate of drug-likeness (QED) is 0.727.